The summed E-state index contributed by atoms with van der Waals surface area (Å²) in [5, 5.41) is 6.89. The van der Waals surface area contributed by atoms with E-state index in [1.165, 1.54) is 11.8 Å². The largest absolute Gasteiger partial charge is 0.378 e. The van der Waals surface area contributed by atoms with Gasteiger partial charge in [-0.3, -0.25) is 9.48 Å². The standard InChI is InChI=1S/C19H24N6O2S/c1-19(2,3)25-15-11(14(23-25)16(20)26)5-6-12-13(15)21-18(28-4)22-17(12)24-7-9-27-10-8-24/h5-6H,7-10H2,1-4H3,(H2,20,26). The van der Waals surface area contributed by atoms with Crippen molar-refractivity contribution in [3.8, 4) is 0 Å². The predicted molar refractivity (Wildman–Crippen MR) is 111 cm³/mol. The molecule has 148 valence electrons. The monoisotopic (exact) mass is 400 g/mol. The quantitative estimate of drug-likeness (QED) is 0.532. The highest BCUT2D eigenvalue weighted by Crippen LogP contribution is 2.35. The molecule has 3 heterocycles. The Hall–Kier alpha value is -2.39. The van der Waals surface area contributed by atoms with Crippen molar-refractivity contribution in [2.24, 2.45) is 5.73 Å². The van der Waals surface area contributed by atoms with E-state index < -0.39 is 5.91 Å². The lowest BCUT2D eigenvalue weighted by molar-refractivity contribution is 0.0995. The van der Waals surface area contributed by atoms with Crippen molar-refractivity contribution in [2.75, 3.05) is 37.5 Å². The van der Waals surface area contributed by atoms with Crippen LogP contribution in [-0.4, -0.2) is 58.2 Å². The molecule has 0 radical (unpaired) electrons. The van der Waals surface area contributed by atoms with Crippen molar-refractivity contribution in [3.05, 3.63) is 17.8 Å². The van der Waals surface area contributed by atoms with Crippen LogP contribution in [0.3, 0.4) is 0 Å². The molecule has 28 heavy (non-hydrogen) atoms. The Morgan fingerprint density at radius 3 is 2.46 bits per heavy atom. The summed E-state index contributed by atoms with van der Waals surface area (Å²) in [6.07, 6.45) is 1.96. The van der Waals surface area contributed by atoms with Crippen LogP contribution in [-0.2, 0) is 10.3 Å². The first kappa shape index (κ1) is 18.9. The summed E-state index contributed by atoms with van der Waals surface area (Å²) in [6.45, 7) is 9.04. The molecule has 3 aromatic rings. The zero-order valence-corrected chi connectivity index (χ0v) is 17.3. The predicted octanol–water partition coefficient (Wildman–Crippen LogP) is 2.39. The van der Waals surface area contributed by atoms with E-state index in [0.717, 1.165) is 35.3 Å². The molecule has 0 aliphatic carbocycles. The Morgan fingerprint density at radius 1 is 1.18 bits per heavy atom. The molecular formula is C19H24N6O2S. The molecule has 1 aliphatic rings. The van der Waals surface area contributed by atoms with Gasteiger partial charge in [0, 0.05) is 23.9 Å². The topological polar surface area (TPSA) is 99.2 Å². The van der Waals surface area contributed by atoms with Crippen LogP contribution in [0, 0.1) is 0 Å². The van der Waals surface area contributed by atoms with Crippen molar-refractivity contribution in [2.45, 2.75) is 31.5 Å². The molecule has 2 aromatic heterocycles. The number of rotatable bonds is 3. The summed E-state index contributed by atoms with van der Waals surface area (Å²) in [7, 11) is 0. The second kappa shape index (κ2) is 6.89. The molecule has 9 heteroatoms. The van der Waals surface area contributed by atoms with Gasteiger partial charge in [-0.2, -0.15) is 5.10 Å². The van der Waals surface area contributed by atoms with E-state index in [-0.39, 0.29) is 11.2 Å². The first-order valence-electron chi connectivity index (χ1n) is 9.21. The molecule has 1 fully saturated rings. The molecule has 2 N–H and O–H groups in total. The number of hydrogen-bond acceptors (Lipinski definition) is 7. The summed E-state index contributed by atoms with van der Waals surface area (Å²) in [5.74, 6) is 0.349. The Kier molecular flexibility index (Phi) is 4.67. The number of nitrogens with two attached hydrogens (primary N) is 1. The van der Waals surface area contributed by atoms with Gasteiger partial charge in [0.1, 0.15) is 11.3 Å². The lowest BCUT2D eigenvalue weighted by Crippen LogP contribution is -2.37. The summed E-state index contributed by atoms with van der Waals surface area (Å²) in [6, 6.07) is 3.87. The minimum atomic E-state index is -0.542. The number of benzene rings is 1. The summed E-state index contributed by atoms with van der Waals surface area (Å²) in [4.78, 5) is 23.8. The molecule has 1 aliphatic heterocycles. The number of ether oxygens (including phenoxy) is 1. The van der Waals surface area contributed by atoms with Gasteiger partial charge in [0.25, 0.3) is 5.91 Å². The van der Waals surface area contributed by atoms with Gasteiger partial charge in [-0.25, -0.2) is 9.97 Å². The SMILES string of the molecule is CSc1nc(N2CCOCC2)c2ccc3c(C(N)=O)nn(C(C)(C)C)c3c2n1. The highest BCUT2D eigenvalue weighted by Gasteiger charge is 2.26. The van der Waals surface area contributed by atoms with E-state index in [1.807, 2.05) is 43.8 Å². The van der Waals surface area contributed by atoms with Crippen molar-refractivity contribution >= 4 is 45.3 Å². The smallest absolute Gasteiger partial charge is 0.269 e. The average Bonchev–Trinajstić information content (AvgIpc) is 3.08. The Morgan fingerprint density at radius 2 is 1.86 bits per heavy atom. The van der Waals surface area contributed by atoms with E-state index >= 15 is 0 Å². The zero-order valence-electron chi connectivity index (χ0n) is 16.5. The minimum Gasteiger partial charge on any atom is -0.378 e. The third kappa shape index (κ3) is 3.08. The molecule has 0 bridgehead atoms. The summed E-state index contributed by atoms with van der Waals surface area (Å²) >= 11 is 1.50. The molecule has 0 atom stereocenters. The number of fused-ring (bicyclic) bond motifs is 3. The molecule has 1 saturated heterocycles. The fraction of sp³-hybridized carbons (Fsp3) is 0.474. The van der Waals surface area contributed by atoms with Gasteiger partial charge in [0.15, 0.2) is 10.9 Å². The second-order valence-corrected chi connectivity index (χ2v) is 8.56. The van der Waals surface area contributed by atoms with Gasteiger partial charge in [0.2, 0.25) is 0 Å². The number of aromatic nitrogens is 4. The van der Waals surface area contributed by atoms with Crippen LogP contribution in [0.4, 0.5) is 5.82 Å². The lowest BCUT2D eigenvalue weighted by atomic mass is 10.1. The Bertz CT molecular complexity index is 1070. The van der Waals surface area contributed by atoms with Gasteiger partial charge in [-0.05, 0) is 39.2 Å². The molecule has 1 amide bonds. The van der Waals surface area contributed by atoms with Crippen LogP contribution in [0.2, 0.25) is 0 Å². The van der Waals surface area contributed by atoms with Crippen molar-refractivity contribution in [1.82, 2.24) is 19.7 Å². The zero-order chi connectivity index (χ0) is 20.1. The highest BCUT2D eigenvalue weighted by atomic mass is 32.2. The number of primary amides is 1. The fourth-order valence-corrected chi connectivity index (χ4v) is 3.89. The first-order valence-corrected chi connectivity index (χ1v) is 10.4. The second-order valence-electron chi connectivity index (χ2n) is 7.79. The van der Waals surface area contributed by atoms with Gasteiger partial charge in [0.05, 0.1) is 24.3 Å². The van der Waals surface area contributed by atoms with Gasteiger partial charge in [-0.15, -0.1) is 0 Å². The maximum Gasteiger partial charge on any atom is 0.269 e. The van der Waals surface area contributed by atoms with Crippen molar-refractivity contribution in [3.63, 3.8) is 0 Å². The number of hydrogen-bond donors (Lipinski definition) is 1. The fourth-order valence-electron chi connectivity index (χ4n) is 3.53. The highest BCUT2D eigenvalue weighted by molar-refractivity contribution is 7.98. The molecule has 0 spiro atoms. The van der Waals surface area contributed by atoms with E-state index in [1.54, 1.807) is 0 Å². The van der Waals surface area contributed by atoms with E-state index in [0.29, 0.717) is 23.8 Å². The van der Waals surface area contributed by atoms with E-state index in [4.69, 9.17) is 20.4 Å². The Labute approximate surface area is 167 Å². The van der Waals surface area contributed by atoms with Crippen LogP contribution in [0.15, 0.2) is 17.3 Å². The van der Waals surface area contributed by atoms with Crippen LogP contribution in [0.1, 0.15) is 31.3 Å². The van der Waals surface area contributed by atoms with Gasteiger partial charge in [-0.1, -0.05) is 11.8 Å². The number of amides is 1. The molecule has 1 aromatic carbocycles. The molecule has 4 rings (SSSR count). The van der Waals surface area contributed by atoms with Crippen LogP contribution < -0.4 is 10.6 Å². The average molecular weight is 401 g/mol. The minimum absolute atomic E-state index is 0.268. The van der Waals surface area contributed by atoms with Crippen LogP contribution >= 0.6 is 11.8 Å². The van der Waals surface area contributed by atoms with Crippen LogP contribution in [0.5, 0.6) is 0 Å². The maximum atomic E-state index is 12.0. The molecule has 0 saturated carbocycles. The summed E-state index contributed by atoms with van der Waals surface area (Å²) < 4.78 is 7.35. The molecule has 0 unspecified atom stereocenters. The summed E-state index contributed by atoms with van der Waals surface area (Å²) in [5.41, 5.74) is 7.13. The maximum absolute atomic E-state index is 12.0. The number of nitrogens with zero attached hydrogens (tertiary/aromatic N) is 5. The van der Waals surface area contributed by atoms with Gasteiger partial charge < -0.3 is 15.4 Å². The molecule has 8 nitrogen and oxygen atoms in total. The number of carbonyl (C=O) groups excluding carboxylic acids is 1. The van der Waals surface area contributed by atoms with Crippen molar-refractivity contribution < 1.29 is 9.53 Å². The van der Waals surface area contributed by atoms with Crippen molar-refractivity contribution in [1.29, 1.82) is 0 Å². The third-order valence-electron chi connectivity index (χ3n) is 4.83. The molecular weight excluding hydrogens is 376 g/mol. The number of morpholine rings is 1. The van der Waals surface area contributed by atoms with E-state index in [9.17, 15) is 4.79 Å². The normalized spacial score (nSPS) is 15.5. The number of carbonyl (C=O) groups is 1. The van der Waals surface area contributed by atoms with Gasteiger partial charge >= 0.3 is 0 Å². The van der Waals surface area contributed by atoms with E-state index in [2.05, 4.69) is 10.00 Å². The number of thioether (sulfide) groups is 1. The third-order valence-corrected chi connectivity index (χ3v) is 5.38. The number of anilines is 1. The van der Waals surface area contributed by atoms with Crippen LogP contribution in [0.25, 0.3) is 21.8 Å². The lowest BCUT2D eigenvalue weighted by Gasteiger charge is -2.29. The Balaban J connectivity index is 2.10. The first-order chi connectivity index (χ1) is 13.3.